The fourth-order valence-corrected chi connectivity index (χ4v) is 0.974. The van der Waals surface area contributed by atoms with Crippen molar-refractivity contribution in [1.82, 2.24) is 0 Å². The first-order valence-corrected chi connectivity index (χ1v) is 6.71. The number of rotatable bonds is 2. The molecular weight excluding hydrogens is 332 g/mol. The topological polar surface area (TPSA) is 110 Å². The summed E-state index contributed by atoms with van der Waals surface area (Å²) in [6.07, 6.45) is -1.88. The summed E-state index contributed by atoms with van der Waals surface area (Å²) < 4.78 is 43.5. The largest absolute Gasteiger partial charge is 2.00 e. The second-order valence-corrected chi connectivity index (χ2v) is 5.84. The van der Waals surface area contributed by atoms with E-state index < -0.39 is 24.3 Å². The number of hydrogen-bond donors (Lipinski definition) is 2. The van der Waals surface area contributed by atoms with Gasteiger partial charge in [-0.25, -0.2) is 4.79 Å². The van der Waals surface area contributed by atoms with E-state index >= 15 is 0 Å². The molecule has 0 radical (unpaired) electrons. The Morgan fingerprint density at radius 1 is 1.07 bits per heavy atom. The maximum atomic E-state index is 10.2. The third-order valence-electron chi connectivity index (χ3n) is 0.347. The molecule has 2 atom stereocenters. The van der Waals surface area contributed by atoms with Gasteiger partial charge in [-0.3, -0.25) is 9.11 Å². The van der Waals surface area contributed by atoms with Crippen molar-refractivity contribution in [2.75, 3.05) is 0 Å². The molecule has 0 heterocycles. The molecule has 0 rings (SSSR count). The summed E-state index contributed by atoms with van der Waals surface area (Å²) in [7, 11) is -8.44. The van der Waals surface area contributed by atoms with Crippen molar-refractivity contribution in [3.8, 4) is 0 Å². The van der Waals surface area contributed by atoms with Gasteiger partial charge >= 0.3 is 99.7 Å². The van der Waals surface area contributed by atoms with Crippen molar-refractivity contribution in [2.45, 2.75) is 0 Å². The van der Waals surface area contributed by atoms with Crippen molar-refractivity contribution in [1.29, 1.82) is 0 Å². The van der Waals surface area contributed by atoms with Gasteiger partial charge < -0.3 is 14.1 Å². The van der Waals surface area contributed by atoms with Crippen molar-refractivity contribution < 1.29 is 36.4 Å². The van der Waals surface area contributed by atoms with Crippen LogP contribution in [0.15, 0.2) is 0 Å². The van der Waals surface area contributed by atoms with Crippen LogP contribution in [0.1, 0.15) is 5.71 Å². The van der Waals surface area contributed by atoms with Crippen LogP contribution in [0.25, 0.3) is 0 Å². The van der Waals surface area contributed by atoms with Gasteiger partial charge in [-0.15, -0.1) is 0 Å². The van der Waals surface area contributed by atoms with Gasteiger partial charge in [-0.05, 0) is 0 Å². The van der Waals surface area contributed by atoms with Crippen LogP contribution >= 0.6 is 0 Å². The molecule has 0 amide bonds. The summed E-state index contributed by atoms with van der Waals surface area (Å²) in [5, 5.41) is 0. The van der Waals surface area contributed by atoms with Crippen LogP contribution in [0.3, 0.4) is 0 Å². The maximum absolute atomic E-state index is 10.2. The Morgan fingerprint density at radius 3 is 1.43 bits per heavy atom. The molecule has 0 bridgehead atoms. The van der Waals surface area contributed by atoms with E-state index in [9.17, 15) is 13.2 Å². The molecule has 2 unspecified atom stereocenters. The van der Waals surface area contributed by atoms with E-state index in [-0.39, 0.29) is 81.2 Å². The predicted molar refractivity (Wildman–Crippen MR) is 59.8 cm³/mol. The molecule has 0 aliphatic carbocycles. The van der Waals surface area contributed by atoms with Gasteiger partial charge in [0.05, 0.1) is 22.4 Å². The van der Waals surface area contributed by atoms with Crippen LogP contribution < -0.4 is 0 Å². The van der Waals surface area contributed by atoms with Crippen LogP contribution in [-0.4, -0.2) is 99.2 Å². The molecule has 0 aliphatic heterocycles. The minimum atomic E-state index is -4.22. The zero-order chi connectivity index (χ0) is 9.99. The van der Waals surface area contributed by atoms with Crippen LogP contribution in [0.5, 0.6) is 0 Å². The van der Waals surface area contributed by atoms with Crippen LogP contribution in [0.4, 0.5) is 4.79 Å². The third kappa shape index (κ3) is 16.9. The fraction of sp³-hybridized carbons (Fsp3) is 0. The number of carbonyl (C=O) groups excluding carboxylic acids is 1. The summed E-state index contributed by atoms with van der Waals surface area (Å²) in [5.41, 5.74) is 0. The summed E-state index contributed by atoms with van der Waals surface area (Å²) in [6.45, 7) is 0. The van der Waals surface area contributed by atoms with Gasteiger partial charge in [-0.1, -0.05) is 0 Å². The average Bonchev–Trinajstić information content (AvgIpc) is 1.49. The minimum Gasteiger partial charge on any atom is -1.00 e. The monoisotopic (exact) mass is 338 g/mol. The Bertz CT molecular complexity index is 344. The van der Waals surface area contributed by atoms with Crippen molar-refractivity contribution >= 4 is 122 Å². The zero-order valence-electron chi connectivity index (χ0n) is 10.5. The summed E-state index contributed by atoms with van der Waals surface area (Å²) >= 11 is 7.40. The van der Waals surface area contributed by atoms with Crippen molar-refractivity contribution in [2.24, 2.45) is 0 Å². The van der Waals surface area contributed by atoms with Gasteiger partial charge in [-0.2, -0.15) is 8.42 Å². The van der Waals surface area contributed by atoms with E-state index in [1.807, 2.05) is 0 Å². The molecule has 0 aromatic carbocycles. The van der Waals surface area contributed by atoms with Crippen LogP contribution in [0.2, 0.25) is 0 Å². The van der Waals surface area contributed by atoms with E-state index in [0.29, 0.717) is 0 Å². The Hall–Kier alpha value is 2.45. The van der Waals surface area contributed by atoms with Gasteiger partial charge in [0.1, 0.15) is 0 Å². The molecule has 0 fully saturated rings. The molecule has 0 spiro atoms. The molecule has 0 aliphatic rings. The number of carbonyl (C=O) groups is 1. The Morgan fingerprint density at radius 2 is 1.29 bits per heavy atom. The molecule has 14 heavy (non-hydrogen) atoms. The van der Waals surface area contributed by atoms with Gasteiger partial charge in [0.15, 0.2) is 0 Å². The van der Waals surface area contributed by atoms with E-state index in [1.54, 1.807) is 0 Å². The summed E-state index contributed by atoms with van der Waals surface area (Å²) in [6, 6.07) is 0. The van der Waals surface area contributed by atoms with Gasteiger partial charge in [0.2, 0.25) is 0 Å². The smallest absolute Gasteiger partial charge is 1.00 e. The molecule has 0 saturated heterocycles. The maximum Gasteiger partial charge on any atom is 2.00 e. The van der Waals surface area contributed by atoms with E-state index in [0.717, 1.165) is 0 Å². The molecule has 7 nitrogen and oxygen atoms in total. The number of hydrogen-bond acceptors (Lipinski definition) is 7. The summed E-state index contributed by atoms with van der Waals surface area (Å²) in [5.74, 6) is 0. The molecule has 0 aromatic rings. The molecule has 0 aromatic heterocycles. The van der Waals surface area contributed by atoms with E-state index in [4.69, 9.17) is 9.11 Å². The van der Waals surface area contributed by atoms with Crippen molar-refractivity contribution in [3.05, 3.63) is 0 Å². The second kappa shape index (κ2) is 8.53. The normalized spacial score (nSPS) is 17.3. The SMILES string of the molecule is O=C(OS(=O)(O)=S)OS(=O)(O)=S.[Ca+2].[Ca+2].[H-].[H-].[H-].[H-]. The minimum absolute atomic E-state index is 0. The quantitative estimate of drug-likeness (QED) is 0.619. The van der Waals surface area contributed by atoms with Crippen molar-refractivity contribution in [3.63, 3.8) is 0 Å². The first kappa shape index (κ1) is 21.7. The Kier molecular flexibility index (Phi) is 13.2. The summed E-state index contributed by atoms with van der Waals surface area (Å²) in [4.78, 5) is 10.2. The first-order valence-electron chi connectivity index (χ1n) is 1.98. The van der Waals surface area contributed by atoms with E-state index in [1.165, 1.54) is 0 Å². The molecule has 80 valence electrons. The Labute approximate surface area is 156 Å². The van der Waals surface area contributed by atoms with Gasteiger partial charge in [0.25, 0.3) is 0 Å². The molecule has 13 heteroatoms. The predicted octanol–water partition coefficient (Wildman–Crippen LogP) is -0.903. The molecular formula is CH6Ca2O7S4. The van der Waals surface area contributed by atoms with Crippen LogP contribution in [0, 0.1) is 0 Å². The van der Waals surface area contributed by atoms with Gasteiger partial charge in [0, 0.05) is 0 Å². The average molecular weight is 338 g/mol. The van der Waals surface area contributed by atoms with Crippen LogP contribution in [-0.2, 0) is 48.8 Å². The zero-order valence-corrected chi connectivity index (χ0v) is 14.2. The molecule has 0 saturated carbocycles. The third-order valence-corrected chi connectivity index (χ3v) is 1.45. The second-order valence-electron chi connectivity index (χ2n) is 1.27. The first-order chi connectivity index (χ1) is 5.10. The Balaban J connectivity index is -0.0000000403. The van der Waals surface area contributed by atoms with E-state index in [2.05, 4.69) is 30.7 Å². The standard InChI is InChI=1S/CH2O7S4.2Ca.4H/c2-1(7-11(3,4)9)8-12(5,6)10;;;;;;/h(H,3,4,9)(H,5,6,10);;;;;;/q;2*+2;4*-1. The molecule has 2 N–H and O–H groups in total. The fourth-order valence-electron chi connectivity index (χ4n) is 0.186.